The molecule has 124 valence electrons. The van der Waals surface area contributed by atoms with Gasteiger partial charge < -0.3 is 15.5 Å². The molecule has 2 rings (SSSR count). The van der Waals surface area contributed by atoms with Gasteiger partial charge in [0, 0.05) is 24.3 Å². The first-order chi connectivity index (χ1) is 10.3. The van der Waals surface area contributed by atoms with Gasteiger partial charge in [0.1, 0.15) is 5.82 Å². The van der Waals surface area contributed by atoms with Crippen molar-refractivity contribution >= 4 is 21.6 Å². The van der Waals surface area contributed by atoms with Gasteiger partial charge in [0.15, 0.2) is 9.84 Å². The Balaban J connectivity index is 1.92. The number of anilines is 2. The average Bonchev–Trinajstić information content (AvgIpc) is 2.73. The van der Waals surface area contributed by atoms with Crippen LogP contribution in [0.15, 0.2) is 6.07 Å². The van der Waals surface area contributed by atoms with Crippen molar-refractivity contribution in [2.75, 3.05) is 49.3 Å². The van der Waals surface area contributed by atoms with E-state index in [0.717, 1.165) is 31.0 Å². The summed E-state index contributed by atoms with van der Waals surface area (Å²) in [6, 6.07) is 1.81. The molecule has 1 fully saturated rings. The third-order valence-corrected chi connectivity index (χ3v) is 5.28. The number of aromatic nitrogens is 2. The smallest absolute Gasteiger partial charge is 0.225 e. The minimum atomic E-state index is -2.90. The molecule has 0 spiro atoms. The van der Waals surface area contributed by atoms with E-state index in [4.69, 9.17) is 0 Å². The predicted octanol–water partition coefficient (Wildman–Crippen LogP) is 0.748. The largest absolute Gasteiger partial charge is 0.370 e. The molecule has 1 aromatic rings. The lowest BCUT2D eigenvalue weighted by atomic mass is 10.3. The quantitative estimate of drug-likeness (QED) is 0.715. The highest BCUT2D eigenvalue weighted by Crippen LogP contribution is 2.17. The van der Waals surface area contributed by atoms with Crippen molar-refractivity contribution in [1.82, 2.24) is 14.9 Å². The second-order valence-corrected chi connectivity index (χ2v) is 8.27. The lowest BCUT2D eigenvalue weighted by Crippen LogP contribution is -2.22. The van der Waals surface area contributed by atoms with Crippen molar-refractivity contribution in [2.24, 2.45) is 0 Å². The summed E-state index contributed by atoms with van der Waals surface area (Å²) in [6.45, 7) is 3.76. The van der Waals surface area contributed by atoms with Crippen LogP contribution in [0, 0.1) is 6.92 Å². The van der Waals surface area contributed by atoms with Crippen LogP contribution in [0.1, 0.15) is 18.5 Å². The molecule has 1 aliphatic heterocycles. The van der Waals surface area contributed by atoms with Crippen LogP contribution in [0.4, 0.5) is 11.8 Å². The van der Waals surface area contributed by atoms with Gasteiger partial charge in [-0.2, -0.15) is 4.98 Å². The minimum absolute atomic E-state index is 0.0895. The molecule has 2 heterocycles. The van der Waals surface area contributed by atoms with E-state index in [1.54, 1.807) is 0 Å². The Hall–Kier alpha value is -1.41. The van der Waals surface area contributed by atoms with E-state index in [1.807, 2.05) is 27.1 Å². The first-order valence-electron chi connectivity index (χ1n) is 7.55. The summed E-state index contributed by atoms with van der Waals surface area (Å²) >= 11 is 0. The standard InChI is InChI=1S/C14H25N5O2S/c1-11-9-13(15-6-4-7-19(2)3)18-14(16-11)17-12-5-8-22(20,21)10-12/h9,12H,4-8,10H2,1-3H3,(H2,15,16,17,18). The maximum absolute atomic E-state index is 11.5. The lowest BCUT2D eigenvalue weighted by Gasteiger charge is -2.14. The number of hydrogen-bond donors (Lipinski definition) is 2. The third-order valence-electron chi connectivity index (χ3n) is 3.51. The number of rotatable bonds is 7. The van der Waals surface area contributed by atoms with Gasteiger partial charge in [0.25, 0.3) is 0 Å². The summed E-state index contributed by atoms with van der Waals surface area (Å²) in [5, 5.41) is 6.42. The Morgan fingerprint density at radius 2 is 2.14 bits per heavy atom. The van der Waals surface area contributed by atoms with Crippen molar-refractivity contribution in [3.63, 3.8) is 0 Å². The second-order valence-electron chi connectivity index (χ2n) is 6.05. The zero-order chi connectivity index (χ0) is 16.2. The Morgan fingerprint density at radius 3 is 2.77 bits per heavy atom. The summed E-state index contributed by atoms with van der Waals surface area (Å²) in [5.41, 5.74) is 0.855. The van der Waals surface area contributed by atoms with Crippen LogP contribution in [0.2, 0.25) is 0 Å². The highest BCUT2D eigenvalue weighted by atomic mass is 32.2. The fourth-order valence-corrected chi connectivity index (χ4v) is 4.10. The number of nitrogens with zero attached hydrogens (tertiary/aromatic N) is 3. The molecule has 7 nitrogen and oxygen atoms in total. The number of hydrogen-bond acceptors (Lipinski definition) is 7. The summed E-state index contributed by atoms with van der Waals surface area (Å²) in [4.78, 5) is 10.9. The van der Waals surface area contributed by atoms with Crippen molar-refractivity contribution in [2.45, 2.75) is 25.8 Å². The first-order valence-corrected chi connectivity index (χ1v) is 9.37. The van der Waals surface area contributed by atoms with E-state index in [0.29, 0.717) is 12.4 Å². The molecular formula is C14H25N5O2S. The van der Waals surface area contributed by atoms with Gasteiger partial charge >= 0.3 is 0 Å². The van der Waals surface area contributed by atoms with E-state index < -0.39 is 9.84 Å². The van der Waals surface area contributed by atoms with Gasteiger partial charge in [0.2, 0.25) is 5.95 Å². The molecule has 2 N–H and O–H groups in total. The first kappa shape index (κ1) is 17.0. The van der Waals surface area contributed by atoms with Gasteiger partial charge in [-0.05, 0) is 40.4 Å². The lowest BCUT2D eigenvalue weighted by molar-refractivity contribution is 0.405. The molecule has 0 aromatic carbocycles. The SMILES string of the molecule is Cc1cc(NCCCN(C)C)nc(NC2CCS(=O)(=O)C2)n1. The van der Waals surface area contributed by atoms with Crippen LogP contribution in [-0.2, 0) is 9.84 Å². The van der Waals surface area contributed by atoms with Crippen LogP contribution in [0.25, 0.3) is 0 Å². The molecule has 1 atom stereocenters. The molecule has 0 saturated carbocycles. The normalized spacial score (nSPS) is 20.3. The molecular weight excluding hydrogens is 302 g/mol. The molecule has 0 amide bonds. The van der Waals surface area contributed by atoms with Gasteiger partial charge in [-0.1, -0.05) is 0 Å². The van der Waals surface area contributed by atoms with Crippen LogP contribution in [-0.4, -0.2) is 68.0 Å². The number of nitrogens with one attached hydrogen (secondary N) is 2. The highest BCUT2D eigenvalue weighted by molar-refractivity contribution is 7.91. The third kappa shape index (κ3) is 5.42. The van der Waals surface area contributed by atoms with E-state index in [1.165, 1.54) is 0 Å². The molecule has 0 bridgehead atoms. The summed E-state index contributed by atoms with van der Waals surface area (Å²) < 4.78 is 23.0. The molecule has 0 radical (unpaired) electrons. The van der Waals surface area contributed by atoms with E-state index >= 15 is 0 Å². The zero-order valence-electron chi connectivity index (χ0n) is 13.5. The fraction of sp³-hybridized carbons (Fsp3) is 0.714. The Morgan fingerprint density at radius 1 is 1.36 bits per heavy atom. The monoisotopic (exact) mass is 327 g/mol. The van der Waals surface area contributed by atoms with Crippen molar-refractivity contribution < 1.29 is 8.42 Å². The molecule has 1 aromatic heterocycles. The van der Waals surface area contributed by atoms with Gasteiger partial charge in [-0.25, -0.2) is 13.4 Å². The van der Waals surface area contributed by atoms with Crippen LogP contribution < -0.4 is 10.6 Å². The molecule has 0 aliphatic carbocycles. The second kappa shape index (κ2) is 7.23. The van der Waals surface area contributed by atoms with E-state index in [2.05, 4.69) is 25.5 Å². The van der Waals surface area contributed by atoms with Crippen LogP contribution >= 0.6 is 0 Å². The van der Waals surface area contributed by atoms with E-state index in [9.17, 15) is 8.42 Å². The van der Waals surface area contributed by atoms with Crippen LogP contribution in [0.3, 0.4) is 0 Å². The Labute approximate surface area is 132 Å². The molecule has 1 aliphatic rings. The summed E-state index contributed by atoms with van der Waals surface area (Å²) in [5.74, 6) is 1.67. The van der Waals surface area contributed by atoms with E-state index in [-0.39, 0.29) is 17.5 Å². The number of sulfone groups is 1. The van der Waals surface area contributed by atoms with Crippen molar-refractivity contribution in [1.29, 1.82) is 0 Å². The molecule has 22 heavy (non-hydrogen) atoms. The van der Waals surface area contributed by atoms with Crippen molar-refractivity contribution in [3.8, 4) is 0 Å². The molecule has 1 unspecified atom stereocenters. The van der Waals surface area contributed by atoms with Crippen LogP contribution in [0.5, 0.6) is 0 Å². The number of aryl methyl sites for hydroxylation is 1. The molecule has 8 heteroatoms. The fourth-order valence-electron chi connectivity index (χ4n) is 2.43. The molecule has 1 saturated heterocycles. The maximum atomic E-state index is 11.5. The Kier molecular flexibility index (Phi) is 5.57. The van der Waals surface area contributed by atoms with Gasteiger partial charge in [-0.15, -0.1) is 0 Å². The zero-order valence-corrected chi connectivity index (χ0v) is 14.3. The van der Waals surface area contributed by atoms with Crippen molar-refractivity contribution in [3.05, 3.63) is 11.8 Å². The Bertz CT molecular complexity index is 603. The van der Waals surface area contributed by atoms with Gasteiger partial charge in [0.05, 0.1) is 11.5 Å². The average molecular weight is 327 g/mol. The predicted molar refractivity (Wildman–Crippen MR) is 89.1 cm³/mol. The topological polar surface area (TPSA) is 87.2 Å². The summed E-state index contributed by atoms with van der Waals surface area (Å²) in [7, 11) is 1.20. The maximum Gasteiger partial charge on any atom is 0.225 e. The minimum Gasteiger partial charge on any atom is -0.370 e. The summed E-state index contributed by atoms with van der Waals surface area (Å²) in [6.07, 6.45) is 1.64. The highest BCUT2D eigenvalue weighted by Gasteiger charge is 2.28. The van der Waals surface area contributed by atoms with Gasteiger partial charge in [-0.3, -0.25) is 0 Å².